The molecule has 0 unspecified atom stereocenters. The second-order valence-corrected chi connectivity index (χ2v) is 13.0. The molecule has 3 N–H and O–H groups in total. The van der Waals surface area contributed by atoms with Crippen LogP contribution in [0.15, 0.2) is 77.0 Å². The van der Waals surface area contributed by atoms with E-state index >= 15 is 4.39 Å². The highest BCUT2D eigenvalue weighted by Crippen LogP contribution is 2.39. The highest BCUT2D eigenvalue weighted by molar-refractivity contribution is 7.89. The van der Waals surface area contributed by atoms with Crippen molar-refractivity contribution in [3.63, 3.8) is 0 Å². The second-order valence-electron chi connectivity index (χ2n) is 10.6. The lowest BCUT2D eigenvalue weighted by atomic mass is 9.95. The first-order chi connectivity index (χ1) is 20.1. The predicted molar refractivity (Wildman–Crippen MR) is 159 cm³/mol. The molecule has 5 aromatic rings. The summed E-state index contributed by atoms with van der Waals surface area (Å²) in [6, 6.07) is 19.8. The van der Waals surface area contributed by atoms with E-state index in [9.17, 15) is 18.3 Å². The van der Waals surface area contributed by atoms with Crippen LogP contribution in [0.4, 0.5) is 4.39 Å². The lowest BCUT2D eigenvalue weighted by Gasteiger charge is -2.11. The van der Waals surface area contributed by atoms with Gasteiger partial charge in [-0.15, -0.1) is 11.3 Å². The van der Waals surface area contributed by atoms with E-state index in [4.69, 9.17) is 10.2 Å². The van der Waals surface area contributed by atoms with Gasteiger partial charge in [0.05, 0.1) is 16.3 Å². The summed E-state index contributed by atoms with van der Waals surface area (Å²) in [5.74, 6) is -1.38. The van der Waals surface area contributed by atoms with Crippen molar-refractivity contribution in [2.45, 2.75) is 37.5 Å². The van der Waals surface area contributed by atoms with E-state index in [1.54, 1.807) is 4.68 Å². The molecule has 1 fully saturated rings. The number of halogens is 1. The minimum absolute atomic E-state index is 0.0723. The third kappa shape index (κ3) is 5.76. The number of rotatable bonds is 9. The molecular weight excluding hydrogens is 575 g/mol. The number of nitrogens with two attached hydrogens (primary N) is 1. The Hall–Kier alpha value is -4.19. The van der Waals surface area contributed by atoms with Crippen LogP contribution in [0.1, 0.15) is 45.7 Å². The first-order valence-corrected chi connectivity index (χ1v) is 15.8. The molecule has 214 valence electrons. The Bertz CT molecular complexity index is 1930. The number of sulfonamides is 1. The average Bonchev–Trinajstić information content (AvgIpc) is 3.51. The number of hydrogen-bond donors (Lipinski definition) is 2. The van der Waals surface area contributed by atoms with Gasteiger partial charge in [-0.2, -0.15) is 5.10 Å². The maximum Gasteiger partial charge on any atom is 0.355 e. The fraction of sp³-hybridized carbons (Fsp3) is 0.194. The molecule has 11 heteroatoms. The van der Waals surface area contributed by atoms with Gasteiger partial charge in [-0.25, -0.2) is 32.4 Å². The first kappa shape index (κ1) is 28.0. The summed E-state index contributed by atoms with van der Waals surface area (Å²) in [5.41, 5.74) is 6.45. The number of aromatic carboxylic acids is 1. The molecule has 0 amide bonds. The molecule has 0 bridgehead atoms. The number of benzene rings is 3. The van der Waals surface area contributed by atoms with Crippen LogP contribution < -0.4 is 5.14 Å². The van der Waals surface area contributed by atoms with Crippen molar-refractivity contribution in [3.05, 3.63) is 106 Å². The number of thiazole rings is 1. The first-order valence-electron chi connectivity index (χ1n) is 13.4. The Morgan fingerprint density at radius 1 is 1.07 bits per heavy atom. The van der Waals surface area contributed by atoms with Gasteiger partial charge >= 0.3 is 5.97 Å². The number of primary sulfonamides is 1. The monoisotopic (exact) mass is 602 g/mol. The van der Waals surface area contributed by atoms with Gasteiger partial charge in [-0.3, -0.25) is 0 Å². The molecule has 0 atom stereocenters. The molecule has 0 radical (unpaired) electrons. The highest BCUT2D eigenvalue weighted by atomic mass is 32.2. The molecule has 3 aromatic carbocycles. The van der Waals surface area contributed by atoms with Gasteiger partial charge in [0.25, 0.3) is 0 Å². The lowest BCUT2D eigenvalue weighted by molar-refractivity contribution is 0.0691. The zero-order valence-corrected chi connectivity index (χ0v) is 24.3. The summed E-state index contributed by atoms with van der Waals surface area (Å²) in [6.07, 6.45) is 2.91. The van der Waals surface area contributed by atoms with Crippen LogP contribution in [0.5, 0.6) is 0 Å². The standard InChI is InChI=1S/C31H27FN4O4S2/c1-18-5-9-20(10-6-18)21-3-2-4-23(14-21)29-25(15-22-11-12-24(16-26(22)32)42(33,39)40)28(13-19-7-8-19)36(35-29)31-34-27(17-41-31)30(37)38/h2-6,9-12,14,16-17,19H,7-8,13,15H2,1H3,(H,37,38)(H2,33,39,40). The zero-order valence-electron chi connectivity index (χ0n) is 22.6. The molecule has 2 heterocycles. The Morgan fingerprint density at radius 3 is 2.45 bits per heavy atom. The largest absolute Gasteiger partial charge is 0.476 e. The van der Waals surface area contributed by atoms with Crippen molar-refractivity contribution in [2.75, 3.05) is 0 Å². The van der Waals surface area contributed by atoms with Crippen LogP contribution in [0.3, 0.4) is 0 Å². The predicted octanol–water partition coefficient (Wildman–Crippen LogP) is 6.00. The molecule has 0 spiro atoms. The summed E-state index contributed by atoms with van der Waals surface area (Å²) in [4.78, 5) is 15.6. The number of carbonyl (C=O) groups is 1. The Labute approximate surface area is 246 Å². The molecule has 0 aliphatic heterocycles. The third-order valence-corrected chi connectivity index (χ3v) is 9.13. The van der Waals surface area contributed by atoms with Crippen molar-refractivity contribution in [3.8, 4) is 27.5 Å². The normalized spacial score (nSPS) is 13.4. The van der Waals surface area contributed by atoms with E-state index < -0.39 is 21.8 Å². The summed E-state index contributed by atoms with van der Waals surface area (Å²) < 4.78 is 40.6. The summed E-state index contributed by atoms with van der Waals surface area (Å²) in [7, 11) is -4.06. The van der Waals surface area contributed by atoms with Crippen molar-refractivity contribution in [1.29, 1.82) is 0 Å². The van der Waals surface area contributed by atoms with E-state index in [-0.39, 0.29) is 17.0 Å². The molecule has 1 saturated carbocycles. The molecular formula is C31H27FN4O4S2. The van der Waals surface area contributed by atoms with Gasteiger partial charge in [0.2, 0.25) is 15.2 Å². The van der Waals surface area contributed by atoms with Crippen LogP contribution in [0.25, 0.3) is 27.5 Å². The summed E-state index contributed by atoms with van der Waals surface area (Å²) in [6.45, 7) is 2.03. The topological polar surface area (TPSA) is 128 Å². The molecule has 8 nitrogen and oxygen atoms in total. The fourth-order valence-electron chi connectivity index (χ4n) is 4.96. The SMILES string of the molecule is Cc1ccc(-c2cccc(-c3nn(-c4nc(C(=O)O)cs4)c(CC4CC4)c3Cc3ccc(S(N)(=O)=O)cc3F)c2)cc1. The number of hydrogen-bond acceptors (Lipinski definition) is 6. The second kappa shape index (κ2) is 10.9. The van der Waals surface area contributed by atoms with E-state index in [1.165, 1.54) is 28.8 Å². The Kier molecular flexibility index (Phi) is 7.25. The number of nitrogens with zero attached hydrogens (tertiary/aromatic N) is 3. The van der Waals surface area contributed by atoms with Crippen LogP contribution in [0, 0.1) is 18.7 Å². The van der Waals surface area contributed by atoms with Crippen LogP contribution in [-0.4, -0.2) is 34.3 Å². The van der Waals surface area contributed by atoms with Gasteiger partial charge in [0.15, 0.2) is 5.69 Å². The molecule has 0 saturated heterocycles. The minimum Gasteiger partial charge on any atom is -0.476 e. The van der Waals surface area contributed by atoms with Gasteiger partial charge in [0.1, 0.15) is 5.82 Å². The number of carboxylic acid groups (broad SMARTS) is 1. The van der Waals surface area contributed by atoms with E-state index in [0.29, 0.717) is 28.7 Å². The van der Waals surface area contributed by atoms with Crippen LogP contribution >= 0.6 is 11.3 Å². The molecule has 6 rings (SSSR count). The van der Waals surface area contributed by atoms with Gasteiger partial charge in [-0.1, -0.05) is 54.1 Å². The molecule has 2 aromatic heterocycles. The van der Waals surface area contributed by atoms with Crippen molar-refractivity contribution >= 4 is 27.3 Å². The number of aromatic nitrogens is 3. The third-order valence-electron chi connectivity index (χ3n) is 7.40. The summed E-state index contributed by atoms with van der Waals surface area (Å²) >= 11 is 1.18. The van der Waals surface area contributed by atoms with Gasteiger partial charge in [0, 0.05) is 22.9 Å². The molecule has 1 aliphatic carbocycles. The van der Waals surface area contributed by atoms with E-state index in [2.05, 4.69) is 17.1 Å². The number of aryl methyl sites for hydroxylation is 1. The van der Waals surface area contributed by atoms with Crippen LogP contribution in [0.2, 0.25) is 0 Å². The maximum absolute atomic E-state index is 15.3. The average molecular weight is 603 g/mol. The molecule has 42 heavy (non-hydrogen) atoms. The quantitative estimate of drug-likeness (QED) is 0.213. The smallest absolute Gasteiger partial charge is 0.355 e. The maximum atomic E-state index is 15.3. The van der Waals surface area contributed by atoms with Gasteiger partial charge in [-0.05, 0) is 67.0 Å². The van der Waals surface area contributed by atoms with Crippen LogP contribution in [-0.2, 0) is 22.9 Å². The van der Waals surface area contributed by atoms with Crippen molar-refractivity contribution in [2.24, 2.45) is 11.1 Å². The Balaban J connectivity index is 1.53. The fourth-order valence-corrected chi connectivity index (χ4v) is 6.25. The van der Waals surface area contributed by atoms with E-state index in [0.717, 1.165) is 52.4 Å². The highest BCUT2D eigenvalue weighted by Gasteiger charge is 2.30. The van der Waals surface area contributed by atoms with Crippen molar-refractivity contribution < 1.29 is 22.7 Å². The minimum atomic E-state index is -4.06. The Morgan fingerprint density at radius 2 is 1.81 bits per heavy atom. The number of carboxylic acids is 1. The van der Waals surface area contributed by atoms with Crippen molar-refractivity contribution in [1.82, 2.24) is 14.8 Å². The van der Waals surface area contributed by atoms with Gasteiger partial charge < -0.3 is 5.11 Å². The summed E-state index contributed by atoms with van der Waals surface area (Å²) in [5, 5.41) is 21.6. The molecule has 1 aliphatic rings. The zero-order chi connectivity index (χ0) is 29.6. The van der Waals surface area contributed by atoms with E-state index in [1.807, 2.05) is 43.3 Å². The lowest BCUT2D eigenvalue weighted by Crippen LogP contribution is -2.13.